The molecule has 4 saturated heterocycles. The third-order valence-electron chi connectivity index (χ3n) is 6.96. The second kappa shape index (κ2) is 6.21. The van der Waals surface area contributed by atoms with E-state index in [0.717, 1.165) is 31.1 Å². The fraction of sp³-hybridized carbons (Fsp3) is 0.455. The lowest BCUT2D eigenvalue weighted by molar-refractivity contribution is -0.00358. The first kappa shape index (κ1) is 16.4. The first-order valence-electron chi connectivity index (χ1n) is 10.2. The molecule has 0 spiro atoms. The molecule has 6 heteroatoms. The molecular weight excluding hydrogens is 354 g/mol. The molecule has 144 valence electrons. The van der Waals surface area contributed by atoms with Crippen LogP contribution < -0.4 is 9.47 Å². The van der Waals surface area contributed by atoms with Gasteiger partial charge in [-0.2, -0.15) is 0 Å². The molecule has 2 bridgehead atoms. The minimum Gasteiger partial charge on any atom is -0.454 e. The molecule has 0 N–H and O–H groups in total. The first-order chi connectivity index (χ1) is 13.8. The van der Waals surface area contributed by atoms with Gasteiger partial charge in [0.2, 0.25) is 6.79 Å². The van der Waals surface area contributed by atoms with Crippen molar-refractivity contribution < 1.29 is 14.3 Å². The number of pyridine rings is 1. The molecule has 0 saturated carbocycles. The van der Waals surface area contributed by atoms with Gasteiger partial charge in [-0.15, -0.1) is 0 Å². The number of hydrogen-bond donors (Lipinski definition) is 0. The average molecular weight is 377 g/mol. The van der Waals surface area contributed by atoms with Crippen LogP contribution in [0.5, 0.6) is 11.5 Å². The van der Waals surface area contributed by atoms with Crippen molar-refractivity contribution in [2.45, 2.75) is 30.8 Å². The number of carbonyl (C=O) groups excluding carboxylic acids is 1. The number of nitrogens with zero attached hydrogens (tertiary/aromatic N) is 3. The molecule has 28 heavy (non-hydrogen) atoms. The largest absolute Gasteiger partial charge is 0.454 e. The number of likely N-dealkylation sites (tertiary alicyclic amines) is 1. The van der Waals surface area contributed by atoms with Crippen molar-refractivity contribution in [1.82, 2.24) is 14.8 Å². The smallest absolute Gasteiger partial charge is 0.272 e. The van der Waals surface area contributed by atoms with Crippen LogP contribution in [0.2, 0.25) is 0 Å². The molecule has 1 amide bonds. The number of ether oxygens (including phenoxy) is 2. The van der Waals surface area contributed by atoms with Gasteiger partial charge in [0.25, 0.3) is 5.91 Å². The highest BCUT2D eigenvalue weighted by molar-refractivity contribution is 5.93. The summed E-state index contributed by atoms with van der Waals surface area (Å²) in [6.07, 6.45) is 4.06. The lowest BCUT2D eigenvalue weighted by atomic mass is 9.75. The Morgan fingerprint density at radius 3 is 2.71 bits per heavy atom. The highest BCUT2D eigenvalue weighted by Crippen LogP contribution is 2.48. The minimum absolute atomic E-state index is 0.0626. The number of benzene rings is 1. The van der Waals surface area contributed by atoms with Gasteiger partial charge in [-0.05, 0) is 61.7 Å². The summed E-state index contributed by atoms with van der Waals surface area (Å²) >= 11 is 0. The number of fused-ring (bicyclic) bond motifs is 3. The lowest BCUT2D eigenvalue weighted by Gasteiger charge is -2.51. The molecule has 2 aromatic rings. The number of carbonyl (C=O) groups is 1. The predicted molar refractivity (Wildman–Crippen MR) is 102 cm³/mol. The van der Waals surface area contributed by atoms with Crippen molar-refractivity contribution >= 4 is 5.91 Å². The van der Waals surface area contributed by atoms with Crippen LogP contribution >= 0.6 is 0 Å². The van der Waals surface area contributed by atoms with E-state index in [1.54, 1.807) is 6.20 Å². The van der Waals surface area contributed by atoms with E-state index in [1.807, 2.05) is 24.3 Å². The zero-order valence-electron chi connectivity index (χ0n) is 15.7. The fourth-order valence-corrected chi connectivity index (χ4v) is 5.73. The van der Waals surface area contributed by atoms with Crippen LogP contribution in [0, 0.1) is 5.92 Å². The Hall–Kier alpha value is -2.60. The quantitative estimate of drug-likeness (QED) is 0.805. The summed E-state index contributed by atoms with van der Waals surface area (Å²) in [5, 5.41) is 0. The molecule has 5 aliphatic rings. The molecule has 5 aliphatic heterocycles. The lowest BCUT2D eigenvalue weighted by Crippen LogP contribution is -2.60. The van der Waals surface area contributed by atoms with E-state index in [2.05, 4.69) is 26.9 Å². The summed E-state index contributed by atoms with van der Waals surface area (Å²) in [6, 6.07) is 12.5. The highest BCUT2D eigenvalue weighted by atomic mass is 16.7. The summed E-state index contributed by atoms with van der Waals surface area (Å²) < 4.78 is 11.1. The van der Waals surface area contributed by atoms with Gasteiger partial charge in [0, 0.05) is 24.7 Å². The maximum Gasteiger partial charge on any atom is 0.272 e. The zero-order valence-corrected chi connectivity index (χ0v) is 15.7. The Labute approximate surface area is 164 Å². The fourth-order valence-electron chi connectivity index (χ4n) is 5.73. The maximum atomic E-state index is 13.3. The molecule has 0 unspecified atom stereocenters. The van der Waals surface area contributed by atoms with Gasteiger partial charge in [-0.25, -0.2) is 0 Å². The van der Waals surface area contributed by atoms with E-state index in [0.29, 0.717) is 17.7 Å². The van der Waals surface area contributed by atoms with Crippen LogP contribution in [-0.4, -0.2) is 59.2 Å². The van der Waals surface area contributed by atoms with E-state index in [1.165, 1.54) is 18.4 Å². The van der Waals surface area contributed by atoms with Crippen LogP contribution in [-0.2, 0) is 0 Å². The van der Waals surface area contributed by atoms with Crippen LogP contribution in [0.15, 0.2) is 42.6 Å². The first-order valence-corrected chi connectivity index (χ1v) is 10.2. The molecule has 1 aromatic carbocycles. The standard InChI is InChI=1S/C22H23N3O3/c26-22(17-3-1-2-8-23-17)25-12-16(15-4-5-18-19(11-15)28-13-27-18)21-20(25)14-6-9-24(21)10-7-14/h1-5,8,11,14,16,20-21H,6-7,9-10,12-13H2/t16-,20-,21-/m1/s1. The third kappa shape index (κ3) is 2.37. The van der Waals surface area contributed by atoms with Crippen molar-refractivity contribution in [2.75, 3.05) is 26.4 Å². The van der Waals surface area contributed by atoms with Gasteiger partial charge in [0.15, 0.2) is 11.5 Å². The van der Waals surface area contributed by atoms with Gasteiger partial charge >= 0.3 is 0 Å². The molecule has 0 aliphatic carbocycles. The second-order valence-electron chi connectivity index (χ2n) is 8.25. The van der Waals surface area contributed by atoms with Crippen LogP contribution in [0.4, 0.5) is 0 Å². The summed E-state index contributed by atoms with van der Waals surface area (Å²) in [5.41, 5.74) is 1.78. The number of rotatable bonds is 2. The Kier molecular flexibility index (Phi) is 3.63. The summed E-state index contributed by atoms with van der Waals surface area (Å²) in [4.78, 5) is 22.4. The number of aromatic nitrogens is 1. The van der Waals surface area contributed by atoms with E-state index in [4.69, 9.17) is 9.47 Å². The van der Waals surface area contributed by atoms with E-state index in [9.17, 15) is 4.79 Å². The van der Waals surface area contributed by atoms with Crippen LogP contribution in [0.25, 0.3) is 0 Å². The molecule has 3 atom stereocenters. The molecule has 6 heterocycles. The molecule has 4 fully saturated rings. The normalized spacial score (nSPS) is 32.4. The SMILES string of the molecule is O=C(c1ccccn1)N1C[C@H](c2ccc3c(c2)OCO3)[C@@H]2[C@H]1C1CCN2CC1. The molecular formula is C22H23N3O3. The third-order valence-corrected chi connectivity index (χ3v) is 6.96. The monoisotopic (exact) mass is 377 g/mol. The Bertz CT molecular complexity index is 910. The van der Waals surface area contributed by atoms with E-state index >= 15 is 0 Å². The summed E-state index contributed by atoms with van der Waals surface area (Å²) in [5.74, 6) is 2.56. The average Bonchev–Trinajstić information content (AvgIpc) is 3.40. The predicted octanol–water partition coefficient (Wildman–Crippen LogP) is 2.51. The van der Waals surface area contributed by atoms with E-state index < -0.39 is 0 Å². The zero-order chi connectivity index (χ0) is 18.7. The van der Waals surface area contributed by atoms with Crippen molar-refractivity contribution in [3.63, 3.8) is 0 Å². The summed E-state index contributed by atoms with van der Waals surface area (Å²) in [7, 11) is 0. The molecule has 1 aromatic heterocycles. The molecule has 7 rings (SSSR count). The maximum absolute atomic E-state index is 13.3. The van der Waals surface area contributed by atoms with E-state index in [-0.39, 0.29) is 24.7 Å². The number of amides is 1. The second-order valence-corrected chi connectivity index (χ2v) is 8.25. The molecule has 6 nitrogen and oxygen atoms in total. The minimum atomic E-state index is 0.0626. The number of piperidine rings is 3. The van der Waals surface area contributed by atoms with Gasteiger partial charge in [0.1, 0.15) is 5.69 Å². The van der Waals surface area contributed by atoms with Crippen molar-refractivity contribution in [1.29, 1.82) is 0 Å². The van der Waals surface area contributed by atoms with Gasteiger partial charge in [-0.3, -0.25) is 14.7 Å². The topological polar surface area (TPSA) is 54.9 Å². The highest BCUT2D eigenvalue weighted by Gasteiger charge is 2.54. The Balaban J connectivity index is 1.39. The molecule has 0 radical (unpaired) electrons. The van der Waals surface area contributed by atoms with Crippen molar-refractivity contribution in [2.24, 2.45) is 5.92 Å². The Morgan fingerprint density at radius 1 is 1.04 bits per heavy atom. The van der Waals surface area contributed by atoms with Crippen LogP contribution in [0.1, 0.15) is 34.8 Å². The van der Waals surface area contributed by atoms with Crippen molar-refractivity contribution in [3.8, 4) is 11.5 Å². The Morgan fingerprint density at radius 2 is 1.89 bits per heavy atom. The van der Waals surface area contributed by atoms with Gasteiger partial charge in [0.05, 0.1) is 6.04 Å². The summed E-state index contributed by atoms with van der Waals surface area (Å²) in [6.45, 7) is 3.29. The van der Waals surface area contributed by atoms with Gasteiger partial charge in [-0.1, -0.05) is 12.1 Å². The van der Waals surface area contributed by atoms with Crippen molar-refractivity contribution in [3.05, 3.63) is 53.9 Å². The van der Waals surface area contributed by atoms with Crippen LogP contribution in [0.3, 0.4) is 0 Å². The van der Waals surface area contributed by atoms with Gasteiger partial charge < -0.3 is 14.4 Å². The number of hydrogen-bond acceptors (Lipinski definition) is 5.